The zero-order valence-corrected chi connectivity index (χ0v) is 16.0. The number of nitrogens with one attached hydrogen (secondary N) is 1. The molecular formula is C18H15Cl2N5O2. The number of hydrogen-bond acceptors (Lipinski definition) is 5. The van der Waals surface area contributed by atoms with Crippen molar-refractivity contribution in [3.63, 3.8) is 0 Å². The van der Waals surface area contributed by atoms with Gasteiger partial charge in [0.25, 0.3) is 0 Å². The molecule has 0 radical (unpaired) electrons. The van der Waals surface area contributed by atoms with Crippen molar-refractivity contribution in [2.45, 2.75) is 19.3 Å². The van der Waals surface area contributed by atoms with E-state index in [9.17, 15) is 4.79 Å². The van der Waals surface area contributed by atoms with Gasteiger partial charge in [-0.15, -0.1) is 10.2 Å². The Morgan fingerprint density at radius 1 is 1.22 bits per heavy atom. The van der Waals surface area contributed by atoms with E-state index >= 15 is 0 Å². The largest absolute Gasteiger partial charge is 0.480 e. The van der Waals surface area contributed by atoms with E-state index in [1.165, 1.54) is 7.11 Å². The van der Waals surface area contributed by atoms with Crippen LogP contribution in [0.1, 0.15) is 29.2 Å². The molecule has 4 rings (SSSR count). The predicted molar refractivity (Wildman–Crippen MR) is 102 cm³/mol. The minimum Gasteiger partial charge on any atom is -0.480 e. The molecule has 0 fully saturated rings. The molecule has 0 unspecified atom stereocenters. The lowest BCUT2D eigenvalue weighted by Crippen LogP contribution is -2.25. The zero-order chi connectivity index (χ0) is 19.1. The molecule has 27 heavy (non-hydrogen) atoms. The number of aromatic nitrogens is 4. The Labute approximate surface area is 165 Å². The summed E-state index contributed by atoms with van der Waals surface area (Å²) in [5.74, 6) is 1.09. The first-order chi connectivity index (χ1) is 13.0. The van der Waals surface area contributed by atoms with Crippen LogP contribution in [0.15, 0.2) is 30.3 Å². The van der Waals surface area contributed by atoms with Gasteiger partial charge < -0.3 is 10.1 Å². The maximum atomic E-state index is 12.4. The molecule has 1 aliphatic rings. The Kier molecular flexibility index (Phi) is 4.49. The van der Waals surface area contributed by atoms with Crippen molar-refractivity contribution < 1.29 is 9.53 Å². The van der Waals surface area contributed by atoms with Crippen LogP contribution in [0.4, 0.5) is 5.82 Å². The highest BCUT2D eigenvalue weighted by Crippen LogP contribution is 2.42. The van der Waals surface area contributed by atoms with E-state index in [1.807, 2.05) is 13.0 Å². The highest BCUT2D eigenvalue weighted by molar-refractivity contribution is 6.35. The van der Waals surface area contributed by atoms with Gasteiger partial charge in [-0.3, -0.25) is 4.79 Å². The van der Waals surface area contributed by atoms with Crippen LogP contribution in [0.2, 0.25) is 10.0 Å². The molecule has 138 valence electrons. The number of anilines is 1. The third-order valence-electron chi connectivity index (χ3n) is 4.49. The maximum Gasteiger partial charge on any atom is 0.233 e. The average molecular weight is 404 g/mol. The third-order valence-corrected chi connectivity index (χ3v) is 5.05. The molecule has 3 aromatic rings. The number of nitrogens with zero attached hydrogens (tertiary/aromatic N) is 4. The molecule has 9 heteroatoms. The lowest BCUT2D eigenvalue weighted by atomic mass is 9.86. The number of methoxy groups -OCH3 is 1. The standard InChI is InChI=1S/C18H15Cl2N5O2/c1-9-17-12(11-4-3-10(19)7-13(11)20)8-15(26)21-18(17)25(24-9)14-5-6-16(27-2)23-22-14/h3-7,12H,8H2,1-2H3,(H,21,26)/t12-/m0/s1. The van der Waals surface area contributed by atoms with Gasteiger partial charge in [0.15, 0.2) is 5.82 Å². The summed E-state index contributed by atoms with van der Waals surface area (Å²) in [5.41, 5.74) is 2.51. The van der Waals surface area contributed by atoms with Gasteiger partial charge in [0.05, 0.1) is 12.8 Å². The fourth-order valence-electron chi connectivity index (χ4n) is 3.30. The molecule has 0 aliphatic carbocycles. The van der Waals surface area contributed by atoms with Crippen LogP contribution >= 0.6 is 23.2 Å². The number of halogens is 2. The second kappa shape index (κ2) is 6.83. The van der Waals surface area contributed by atoms with E-state index in [0.29, 0.717) is 27.6 Å². The highest BCUT2D eigenvalue weighted by Gasteiger charge is 2.34. The first kappa shape index (κ1) is 17.8. The maximum absolute atomic E-state index is 12.4. The molecule has 0 saturated carbocycles. The van der Waals surface area contributed by atoms with Crippen LogP contribution in [0, 0.1) is 6.92 Å². The zero-order valence-electron chi connectivity index (χ0n) is 14.5. The van der Waals surface area contributed by atoms with E-state index in [-0.39, 0.29) is 18.2 Å². The second-order valence-electron chi connectivity index (χ2n) is 6.16. The van der Waals surface area contributed by atoms with E-state index in [2.05, 4.69) is 20.6 Å². The van der Waals surface area contributed by atoms with Gasteiger partial charge in [-0.1, -0.05) is 29.3 Å². The monoisotopic (exact) mass is 403 g/mol. The van der Waals surface area contributed by atoms with Crippen molar-refractivity contribution in [2.75, 3.05) is 12.4 Å². The summed E-state index contributed by atoms with van der Waals surface area (Å²) in [4.78, 5) is 12.4. The van der Waals surface area contributed by atoms with Crippen molar-refractivity contribution in [1.29, 1.82) is 0 Å². The van der Waals surface area contributed by atoms with Crippen molar-refractivity contribution in [3.8, 4) is 11.7 Å². The summed E-state index contributed by atoms with van der Waals surface area (Å²) in [6, 6.07) is 8.71. The minimum atomic E-state index is -0.224. The van der Waals surface area contributed by atoms with Crippen molar-refractivity contribution in [1.82, 2.24) is 20.0 Å². The predicted octanol–water partition coefficient (Wildman–Crippen LogP) is 3.76. The van der Waals surface area contributed by atoms with Gasteiger partial charge >= 0.3 is 0 Å². The Morgan fingerprint density at radius 2 is 2.04 bits per heavy atom. The fraction of sp³-hybridized carbons (Fsp3) is 0.222. The van der Waals surface area contributed by atoms with Crippen LogP contribution in [-0.4, -0.2) is 33.0 Å². The fourth-order valence-corrected chi connectivity index (χ4v) is 3.84. The topological polar surface area (TPSA) is 81.9 Å². The van der Waals surface area contributed by atoms with Gasteiger partial charge in [0, 0.05) is 34.0 Å². The Hall–Kier alpha value is -2.64. The minimum absolute atomic E-state index is 0.124. The average Bonchev–Trinajstić information content (AvgIpc) is 2.98. The summed E-state index contributed by atoms with van der Waals surface area (Å²) in [7, 11) is 1.52. The summed E-state index contributed by atoms with van der Waals surface area (Å²) >= 11 is 12.4. The molecular weight excluding hydrogens is 389 g/mol. The molecule has 2 aromatic heterocycles. The van der Waals surface area contributed by atoms with E-state index in [0.717, 1.165) is 16.8 Å². The molecule has 3 heterocycles. The number of carbonyl (C=O) groups excluding carboxylic acids is 1. The highest BCUT2D eigenvalue weighted by atomic mass is 35.5. The lowest BCUT2D eigenvalue weighted by molar-refractivity contribution is -0.116. The summed E-state index contributed by atoms with van der Waals surface area (Å²) in [6.45, 7) is 1.89. The van der Waals surface area contributed by atoms with Gasteiger partial charge in [-0.25, -0.2) is 0 Å². The molecule has 0 spiro atoms. The molecule has 1 aliphatic heterocycles. The van der Waals surface area contributed by atoms with Gasteiger partial charge in [-0.05, 0) is 30.7 Å². The van der Waals surface area contributed by atoms with Crippen LogP contribution in [0.25, 0.3) is 5.82 Å². The van der Waals surface area contributed by atoms with Crippen LogP contribution in [0.3, 0.4) is 0 Å². The number of carbonyl (C=O) groups is 1. The molecule has 0 bridgehead atoms. The van der Waals surface area contributed by atoms with E-state index in [4.69, 9.17) is 27.9 Å². The first-order valence-corrected chi connectivity index (χ1v) is 8.96. The number of ether oxygens (including phenoxy) is 1. The molecule has 1 atom stereocenters. The number of aryl methyl sites for hydroxylation is 1. The number of benzene rings is 1. The van der Waals surface area contributed by atoms with E-state index in [1.54, 1.807) is 28.9 Å². The third kappa shape index (κ3) is 3.13. The van der Waals surface area contributed by atoms with Gasteiger partial charge in [0.2, 0.25) is 11.8 Å². The Morgan fingerprint density at radius 3 is 2.70 bits per heavy atom. The normalized spacial score (nSPS) is 16.0. The number of amides is 1. The number of hydrogen-bond donors (Lipinski definition) is 1. The first-order valence-electron chi connectivity index (χ1n) is 8.20. The molecule has 1 N–H and O–H groups in total. The molecule has 1 aromatic carbocycles. The van der Waals surface area contributed by atoms with Crippen molar-refractivity contribution in [3.05, 3.63) is 57.2 Å². The molecule has 0 saturated heterocycles. The summed E-state index contributed by atoms with van der Waals surface area (Å²) in [5, 5.41) is 16.6. The van der Waals surface area contributed by atoms with Gasteiger partial charge in [0.1, 0.15) is 5.82 Å². The quantitative estimate of drug-likeness (QED) is 0.719. The second-order valence-corrected chi connectivity index (χ2v) is 7.01. The summed E-state index contributed by atoms with van der Waals surface area (Å²) in [6.07, 6.45) is 0.273. The number of fused-ring (bicyclic) bond motifs is 1. The molecule has 7 nitrogen and oxygen atoms in total. The van der Waals surface area contributed by atoms with E-state index < -0.39 is 0 Å². The van der Waals surface area contributed by atoms with Crippen LogP contribution < -0.4 is 10.1 Å². The smallest absolute Gasteiger partial charge is 0.233 e. The van der Waals surface area contributed by atoms with Crippen LogP contribution in [0.5, 0.6) is 5.88 Å². The van der Waals surface area contributed by atoms with Crippen LogP contribution in [-0.2, 0) is 4.79 Å². The lowest BCUT2D eigenvalue weighted by Gasteiger charge is -2.25. The summed E-state index contributed by atoms with van der Waals surface area (Å²) < 4.78 is 6.61. The van der Waals surface area contributed by atoms with Gasteiger partial charge in [-0.2, -0.15) is 9.78 Å². The molecule has 1 amide bonds. The Bertz CT molecular complexity index is 1030. The Balaban J connectivity index is 1.85. The van der Waals surface area contributed by atoms with Crippen molar-refractivity contribution >= 4 is 34.9 Å². The van der Waals surface area contributed by atoms with Crippen molar-refractivity contribution in [2.24, 2.45) is 0 Å². The SMILES string of the molecule is COc1ccc(-n2nc(C)c3c2NC(=O)C[C@H]3c2ccc(Cl)cc2Cl)nn1. The number of rotatable bonds is 3.